The lowest BCUT2D eigenvalue weighted by molar-refractivity contribution is 0.0545. The number of hydrogen-bond donors (Lipinski definition) is 3. The quantitative estimate of drug-likeness (QED) is 0.713. The Morgan fingerprint density at radius 2 is 2.12 bits per heavy atom. The number of nitrogens with one attached hydrogen (secondary N) is 1. The first-order valence-corrected chi connectivity index (χ1v) is 8.69. The Hall–Kier alpha value is -2.19. The molecule has 134 valence electrons. The fraction of sp³-hybridized carbons (Fsp3) is 0.588. The molecular weight excluding hydrogens is 324 g/mol. The summed E-state index contributed by atoms with van der Waals surface area (Å²) in [5, 5.41) is 19.5. The number of anilines is 1. The number of aliphatic hydroxyl groups is 2. The monoisotopic (exact) mass is 346 g/mol. The minimum absolute atomic E-state index is 0.00769. The van der Waals surface area contributed by atoms with Gasteiger partial charge in [0, 0.05) is 36.8 Å². The van der Waals surface area contributed by atoms with Gasteiger partial charge in [0.1, 0.15) is 5.82 Å². The van der Waals surface area contributed by atoms with Crippen molar-refractivity contribution in [2.75, 3.05) is 24.6 Å². The van der Waals surface area contributed by atoms with Gasteiger partial charge in [-0.25, -0.2) is 9.78 Å². The Kier molecular flexibility index (Phi) is 3.88. The van der Waals surface area contributed by atoms with Gasteiger partial charge in [-0.1, -0.05) is 0 Å². The maximum Gasteiger partial charge on any atom is 0.329 e. The van der Waals surface area contributed by atoms with Crippen molar-refractivity contribution in [3.8, 4) is 0 Å². The minimum atomic E-state index is -0.738. The van der Waals surface area contributed by atoms with Crippen molar-refractivity contribution in [3.63, 3.8) is 0 Å². The second kappa shape index (κ2) is 5.96. The number of fused-ring (bicyclic) bond motifs is 1. The van der Waals surface area contributed by atoms with E-state index in [1.54, 1.807) is 4.57 Å². The van der Waals surface area contributed by atoms with E-state index in [4.69, 9.17) is 5.11 Å². The largest absolute Gasteiger partial charge is 0.394 e. The average molecular weight is 346 g/mol. The van der Waals surface area contributed by atoms with Crippen molar-refractivity contribution in [3.05, 3.63) is 32.6 Å². The molecule has 0 amide bonds. The predicted octanol–water partition coefficient (Wildman–Crippen LogP) is -0.0924. The Morgan fingerprint density at radius 3 is 2.80 bits per heavy atom. The van der Waals surface area contributed by atoms with Crippen LogP contribution < -0.4 is 16.1 Å². The molecule has 2 aliphatic rings. The van der Waals surface area contributed by atoms with Gasteiger partial charge >= 0.3 is 5.69 Å². The van der Waals surface area contributed by atoms with Crippen molar-refractivity contribution in [1.82, 2.24) is 14.5 Å². The first-order chi connectivity index (χ1) is 12.0. The number of aliphatic hydroxyl groups excluding tert-OH is 2. The molecule has 1 saturated carbocycles. The van der Waals surface area contributed by atoms with Crippen LogP contribution in [0.3, 0.4) is 0 Å². The smallest absolute Gasteiger partial charge is 0.329 e. The van der Waals surface area contributed by atoms with Gasteiger partial charge in [0.25, 0.3) is 5.56 Å². The summed E-state index contributed by atoms with van der Waals surface area (Å²) in [6, 6.07) is 0.142. The SMILES string of the molecule is Cc1c(N2CCC(C(O)CO)C2)ncc2c(=O)[nH]c(=O)n(C3CC3)c12. The molecule has 3 heterocycles. The van der Waals surface area contributed by atoms with Gasteiger partial charge in [0.2, 0.25) is 0 Å². The summed E-state index contributed by atoms with van der Waals surface area (Å²) in [5.74, 6) is 0.728. The van der Waals surface area contributed by atoms with Crippen LogP contribution in [-0.4, -0.2) is 50.5 Å². The first kappa shape index (κ1) is 16.3. The molecule has 0 spiro atoms. The minimum Gasteiger partial charge on any atom is -0.394 e. The van der Waals surface area contributed by atoms with Gasteiger partial charge in [-0.15, -0.1) is 0 Å². The molecule has 8 heteroatoms. The van der Waals surface area contributed by atoms with Crippen LogP contribution in [-0.2, 0) is 0 Å². The summed E-state index contributed by atoms with van der Waals surface area (Å²) in [6.45, 7) is 2.95. The molecule has 1 aliphatic carbocycles. The van der Waals surface area contributed by atoms with Gasteiger partial charge in [-0.05, 0) is 26.2 Å². The fourth-order valence-corrected chi connectivity index (χ4v) is 3.84. The van der Waals surface area contributed by atoms with E-state index in [1.165, 1.54) is 6.20 Å². The summed E-state index contributed by atoms with van der Waals surface area (Å²) in [7, 11) is 0. The van der Waals surface area contributed by atoms with Crippen LogP contribution >= 0.6 is 0 Å². The molecule has 2 aromatic heterocycles. The second-order valence-corrected chi connectivity index (χ2v) is 7.07. The van der Waals surface area contributed by atoms with E-state index in [0.29, 0.717) is 17.4 Å². The highest BCUT2D eigenvalue weighted by Crippen LogP contribution is 2.37. The normalized spacial score (nSPS) is 21.9. The van der Waals surface area contributed by atoms with Crippen molar-refractivity contribution >= 4 is 16.7 Å². The molecule has 1 saturated heterocycles. The van der Waals surface area contributed by atoms with Crippen LogP contribution in [0.15, 0.2) is 15.8 Å². The topological polar surface area (TPSA) is 111 Å². The molecule has 3 N–H and O–H groups in total. The number of aromatic amines is 1. The van der Waals surface area contributed by atoms with Crippen LogP contribution in [0.1, 0.15) is 30.9 Å². The number of H-pyrrole nitrogens is 1. The van der Waals surface area contributed by atoms with Gasteiger partial charge in [0.05, 0.1) is 23.6 Å². The maximum atomic E-state index is 12.3. The van der Waals surface area contributed by atoms with Gasteiger partial charge in [-0.2, -0.15) is 0 Å². The van der Waals surface area contributed by atoms with Crippen molar-refractivity contribution < 1.29 is 10.2 Å². The molecule has 2 unspecified atom stereocenters. The lowest BCUT2D eigenvalue weighted by atomic mass is 10.0. The third-order valence-corrected chi connectivity index (χ3v) is 5.35. The Labute approximate surface area is 143 Å². The lowest BCUT2D eigenvalue weighted by Crippen LogP contribution is -2.32. The van der Waals surface area contributed by atoms with Crippen molar-refractivity contribution in [1.29, 1.82) is 0 Å². The standard InChI is InChI=1S/C17H22N4O4/c1-9-14-12(16(24)19-17(25)21(14)11-2-3-11)6-18-15(9)20-5-4-10(7-20)13(23)8-22/h6,10-11,13,22-23H,2-5,7-8H2,1H3,(H,19,24,25). The van der Waals surface area contributed by atoms with Gasteiger partial charge in [0.15, 0.2) is 0 Å². The number of pyridine rings is 1. The van der Waals surface area contributed by atoms with E-state index >= 15 is 0 Å². The predicted molar refractivity (Wildman–Crippen MR) is 93.0 cm³/mol. The zero-order chi connectivity index (χ0) is 17.7. The molecule has 2 atom stereocenters. The van der Waals surface area contributed by atoms with Gasteiger partial charge in [-0.3, -0.25) is 14.3 Å². The van der Waals surface area contributed by atoms with Gasteiger partial charge < -0.3 is 15.1 Å². The number of aromatic nitrogens is 3. The maximum absolute atomic E-state index is 12.3. The van der Waals surface area contributed by atoms with E-state index in [-0.39, 0.29) is 24.3 Å². The molecule has 4 rings (SSSR count). The van der Waals surface area contributed by atoms with E-state index in [9.17, 15) is 14.7 Å². The van der Waals surface area contributed by atoms with E-state index in [0.717, 1.165) is 37.2 Å². The lowest BCUT2D eigenvalue weighted by Gasteiger charge is -2.22. The van der Waals surface area contributed by atoms with Crippen LogP contribution in [0.5, 0.6) is 0 Å². The van der Waals surface area contributed by atoms with Crippen molar-refractivity contribution in [2.24, 2.45) is 5.92 Å². The van der Waals surface area contributed by atoms with Crippen LogP contribution in [0.25, 0.3) is 10.9 Å². The molecule has 2 aromatic rings. The highest BCUT2D eigenvalue weighted by molar-refractivity contribution is 5.84. The Morgan fingerprint density at radius 1 is 1.36 bits per heavy atom. The van der Waals surface area contributed by atoms with E-state index in [2.05, 4.69) is 14.9 Å². The summed E-state index contributed by atoms with van der Waals surface area (Å²) >= 11 is 0. The first-order valence-electron chi connectivity index (χ1n) is 8.69. The number of hydrogen-bond acceptors (Lipinski definition) is 6. The molecule has 0 aromatic carbocycles. The number of rotatable bonds is 4. The van der Waals surface area contributed by atoms with Crippen LogP contribution in [0.4, 0.5) is 5.82 Å². The summed E-state index contributed by atoms with van der Waals surface area (Å²) < 4.78 is 1.69. The van der Waals surface area contributed by atoms with Crippen molar-refractivity contribution in [2.45, 2.75) is 38.3 Å². The molecule has 2 fully saturated rings. The summed E-state index contributed by atoms with van der Waals surface area (Å²) in [5.41, 5.74) is 0.698. The van der Waals surface area contributed by atoms with E-state index in [1.807, 2.05) is 6.92 Å². The zero-order valence-corrected chi connectivity index (χ0v) is 14.1. The Balaban J connectivity index is 1.82. The number of aryl methyl sites for hydroxylation is 1. The second-order valence-electron chi connectivity index (χ2n) is 7.07. The highest BCUT2D eigenvalue weighted by atomic mass is 16.3. The van der Waals surface area contributed by atoms with E-state index < -0.39 is 11.7 Å². The summed E-state index contributed by atoms with van der Waals surface area (Å²) in [6.07, 6.45) is 3.44. The molecule has 1 aliphatic heterocycles. The molecule has 25 heavy (non-hydrogen) atoms. The van der Waals surface area contributed by atoms with Crippen LogP contribution in [0, 0.1) is 12.8 Å². The fourth-order valence-electron chi connectivity index (χ4n) is 3.84. The molecule has 8 nitrogen and oxygen atoms in total. The molecule has 0 bridgehead atoms. The highest BCUT2D eigenvalue weighted by Gasteiger charge is 2.32. The molecule has 0 radical (unpaired) electrons. The van der Waals surface area contributed by atoms with Crippen LogP contribution in [0.2, 0.25) is 0 Å². The number of nitrogens with zero attached hydrogens (tertiary/aromatic N) is 3. The average Bonchev–Trinajstić information content (AvgIpc) is 3.30. The third kappa shape index (κ3) is 2.65. The Bertz CT molecular complexity index is 931. The molecular formula is C17H22N4O4. The zero-order valence-electron chi connectivity index (χ0n) is 14.1. The summed E-state index contributed by atoms with van der Waals surface area (Å²) in [4.78, 5) is 33.4. The third-order valence-electron chi connectivity index (χ3n) is 5.35.